The van der Waals surface area contributed by atoms with Gasteiger partial charge in [0.05, 0.1) is 12.4 Å². The summed E-state index contributed by atoms with van der Waals surface area (Å²) in [7, 11) is -1.70. The number of benzene rings is 1. The highest BCUT2D eigenvalue weighted by molar-refractivity contribution is 7.90. The van der Waals surface area contributed by atoms with Gasteiger partial charge in [0, 0.05) is 6.54 Å². The molecule has 4 nitrogen and oxygen atoms in total. The lowest BCUT2D eigenvalue weighted by Crippen LogP contribution is -2.31. The molecule has 0 saturated heterocycles. The normalized spacial score (nSPS) is 13.0. The summed E-state index contributed by atoms with van der Waals surface area (Å²) in [6.07, 6.45) is 2.05. The Bertz CT molecular complexity index is 479. The third-order valence-corrected chi connectivity index (χ3v) is 4.46. The zero-order valence-electron chi connectivity index (χ0n) is 10.7. The van der Waals surface area contributed by atoms with Gasteiger partial charge in [-0.1, -0.05) is 18.2 Å². The van der Waals surface area contributed by atoms with Crippen LogP contribution in [0.1, 0.15) is 18.9 Å². The molecule has 100 valence electrons. The van der Waals surface area contributed by atoms with Crippen LogP contribution in [0.25, 0.3) is 0 Å². The number of sulfonamides is 1. The van der Waals surface area contributed by atoms with Gasteiger partial charge in [-0.15, -0.1) is 6.58 Å². The van der Waals surface area contributed by atoms with E-state index >= 15 is 0 Å². The van der Waals surface area contributed by atoms with Gasteiger partial charge in [0.15, 0.2) is 0 Å². The maximum atomic E-state index is 11.8. The molecule has 0 heterocycles. The molecule has 1 aromatic rings. The zero-order chi connectivity index (χ0) is 13.6. The zero-order valence-corrected chi connectivity index (χ0v) is 11.5. The second-order valence-corrected chi connectivity index (χ2v) is 6.23. The minimum absolute atomic E-state index is 0.286. The van der Waals surface area contributed by atoms with Crippen LogP contribution in [0.15, 0.2) is 36.9 Å². The molecule has 0 aliphatic heterocycles. The van der Waals surface area contributed by atoms with E-state index in [0.29, 0.717) is 6.42 Å². The molecule has 0 aromatic heterocycles. The Hall–Kier alpha value is -1.33. The predicted octanol–water partition coefficient (Wildman–Crippen LogP) is 2.08. The van der Waals surface area contributed by atoms with Crippen molar-refractivity contribution in [3.63, 3.8) is 0 Å². The van der Waals surface area contributed by atoms with E-state index in [1.165, 1.54) is 0 Å². The smallest absolute Gasteiger partial charge is 0.214 e. The van der Waals surface area contributed by atoms with Gasteiger partial charge < -0.3 is 4.74 Å². The van der Waals surface area contributed by atoms with Gasteiger partial charge in [-0.25, -0.2) is 13.1 Å². The summed E-state index contributed by atoms with van der Waals surface area (Å²) >= 11 is 0. The Labute approximate surface area is 109 Å². The molecule has 1 rings (SSSR count). The highest BCUT2D eigenvalue weighted by Crippen LogP contribution is 2.12. The fourth-order valence-corrected chi connectivity index (χ4v) is 2.47. The molecule has 0 amide bonds. The number of allylic oxidation sites excluding steroid dienone is 1. The molecule has 1 N–H and O–H groups in total. The van der Waals surface area contributed by atoms with Crippen LogP contribution in [0.5, 0.6) is 5.75 Å². The predicted molar refractivity (Wildman–Crippen MR) is 73.0 cm³/mol. The molecule has 0 fully saturated rings. The molecule has 0 saturated carbocycles. The summed E-state index contributed by atoms with van der Waals surface area (Å²) in [5.41, 5.74) is 0.894. The molecule has 0 bridgehead atoms. The number of methoxy groups -OCH3 is 1. The molecule has 0 radical (unpaired) electrons. The Balaban J connectivity index is 2.61. The maximum Gasteiger partial charge on any atom is 0.214 e. The van der Waals surface area contributed by atoms with Crippen LogP contribution in [-0.2, 0) is 16.6 Å². The first-order valence-corrected chi connectivity index (χ1v) is 7.26. The fraction of sp³-hybridized carbons (Fsp3) is 0.385. The number of ether oxygens (including phenoxy) is 1. The van der Waals surface area contributed by atoms with Crippen LogP contribution in [0.2, 0.25) is 0 Å². The first kappa shape index (κ1) is 14.7. The Kier molecular flexibility index (Phi) is 5.37. The number of rotatable bonds is 7. The van der Waals surface area contributed by atoms with Gasteiger partial charge in [-0.3, -0.25) is 0 Å². The van der Waals surface area contributed by atoms with Crippen molar-refractivity contribution in [3.8, 4) is 5.75 Å². The number of nitrogens with one attached hydrogen (secondary N) is 1. The van der Waals surface area contributed by atoms with E-state index in [9.17, 15) is 8.42 Å². The summed E-state index contributed by atoms with van der Waals surface area (Å²) in [5.74, 6) is 0.752. The lowest BCUT2D eigenvalue weighted by molar-refractivity contribution is 0.414. The summed E-state index contributed by atoms with van der Waals surface area (Å²) in [5, 5.41) is -0.465. The van der Waals surface area contributed by atoms with E-state index in [1.807, 2.05) is 12.1 Å². The molecule has 1 aromatic carbocycles. The van der Waals surface area contributed by atoms with Crippen molar-refractivity contribution in [1.29, 1.82) is 0 Å². The van der Waals surface area contributed by atoms with Crippen molar-refractivity contribution >= 4 is 10.0 Å². The largest absolute Gasteiger partial charge is 0.497 e. The van der Waals surface area contributed by atoms with Gasteiger partial charge in [0.2, 0.25) is 10.0 Å². The molecule has 5 heteroatoms. The second kappa shape index (κ2) is 6.56. The van der Waals surface area contributed by atoms with E-state index in [4.69, 9.17) is 4.74 Å². The first-order chi connectivity index (χ1) is 8.49. The lowest BCUT2D eigenvalue weighted by atomic mass is 10.2. The van der Waals surface area contributed by atoms with E-state index in [2.05, 4.69) is 11.3 Å². The minimum Gasteiger partial charge on any atom is -0.497 e. The van der Waals surface area contributed by atoms with E-state index in [-0.39, 0.29) is 6.54 Å². The highest BCUT2D eigenvalue weighted by Gasteiger charge is 2.18. The van der Waals surface area contributed by atoms with Crippen molar-refractivity contribution < 1.29 is 13.2 Å². The average molecular weight is 269 g/mol. The topological polar surface area (TPSA) is 55.4 Å². The number of hydrogen-bond donors (Lipinski definition) is 1. The highest BCUT2D eigenvalue weighted by atomic mass is 32.2. The van der Waals surface area contributed by atoms with Crippen LogP contribution in [0.4, 0.5) is 0 Å². The van der Waals surface area contributed by atoms with E-state index in [0.717, 1.165) is 11.3 Å². The van der Waals surface area contributed by atoms with Crippen LogP contribution in [0.3, 0.4) is 0 Å². The summed E-state index contributed by atoms with van der Waals surface area (Å²) < 4.78 is 31.3. The molecular weight excluding hydrogens is 250 g/mol. The van der Waals surface area contributed by atoms with Crippen LogP contribution >= 0.6 is 0 Å². The van der Waals surface area contributed by atoms with Gasteiger partial charge >= 0.3 is 0 Å². The van der Waals surface area contributed by atoms with E-state index in [1.54, 1.807) is 32.2 Å². The molecule has 0 aliphatic carbocycles. The lowest BCUT2D eigenvalue weighted by Gasteiger charge is -2.12. The maximum absolute atomic E-state index is 11.8. The summed E-state index contributed by atoms with van der Waals surface area (Å²) in [6.45, 7) is 5.50. The SMILES string of the molecule is C=CCC(C)S(=O)(=O)NCc1ccc(OC)cc1. The van der Waals surface area contributed by atoms with Crippen molar-refractivity contribution in [2.24, 2.45) is 0 Å². The Morgan fingerprint density at radius 1 is 1.39 bits per heavy atom. The molecule has 1 unspecified atom stereocenters. The Morgan fingerprint density at radius 2 is 2.00 bits per heavy atom. The summed E-state index contributed by atoms with van der Waals surface area (Å²) in [4.78, 5) is 0. The fourth-order valence-electron chi connectivity index (χ4n) is 1.43. The molecule has 18 heavy (non-hydrogen) atoms. The standard InChI is InChI=1S/C13H19NO3S/c1-4-5-11(2)18(15,16)14-10-12-6-8-13(17-3)9-7-12/h4,6-9,11,14H,1,5,10H2,2-3H3. The van der Waals surface area contributed by atoms with Crippen LogP contribution < -0.4 is 9.46 Å². The molecule has 1 atom stereocenters. The third kappa shape index (κ3) is 4.16. The van der Waals surface area contributed by atoms with Crippen LogP contribution in [0, 0.1) is 0 Å². The second-order valence-electron chi connectivity index (χ2n) is 4.05. The van der Waals surface area contributed by atoms with E-state index < -0.39 is 15.3 Å². The van der Waals surface area contributed by atoms with Gasteiger partial charge in [-0.2, -0.15) is 0 Å². The van der Waals surface area contributed by atoms with Crippen molar-refractivity contribution in [2.75, 3.05) is 7.11 Å². The molecule has 0 spiro atoms. The van der Waals surface area contributed by atoms with Crippen molar-refractivity contribution in [1.82, 2.24) is 4.72 Å². The van der Waals surface area contributed by atoms with Gasteiger partial charge in [0.25, 0.3) is 0 Å². The molecular formula is C13H19NO3S. The quantitative estimate of drug-likeness (QED) is 0.771. The summed E-state index contributed by atoms with van der Waals surface area (Å²) in [6, 6.07) is 7.27. The first-order valence-electron chi connectivity index (χ1n) is 5.72. The Morgan fingerprint density at radius 3 is 2.50 bits per heavy atom. The van der Waals surface area contributed by atoms with Gasteiger partial charge in [-0.05, 0) is 31.0 Å². The van der Waals surface area contributed by atoms with Crippen LogP contribution in [-0.4, -0.2) is 20.8 Å². The monoisotopic (exact) mass is 269 g/mol. The number of hydrogen-bond acceptors (Lipinski definition) is 3. The average Bonchev–Trinajstić information content (AvgIpc) is 2.37. The van der Waals surface area contributed by atoms with Gasteiger partial charge in [0.1, 0.15) is 5.75 Å². The molecule has 0 aliphatic rings. The van der Waals surface area contributed by atoms with Crippen molar-refractivity contribution in [2.45, 2.75) is 25.1 Å². The van der Waals surface area contributed by atoms with Crippen molar-refractivity contribution in [3.05, 3.63) is 42.5 Å². The minimum atomic E-state index is -3.29. The third-order valence-electron chi connectivity index (χ3n) is 2.66.